The molecule has 0 radical (unpaired) electrons. The summed E-state index contributed by atoms with van der Waals surface area (Å²) in [6.07, 6.45) is 0.592. The zero-order valence-corrected chi connectivity index (χ0v) is 9.09. The average molecular weight is 239 g/mol. The van der Waals surface area contributed by atoms with Crippen LogP contribution in [0.1, 0.15) is 16.8 Å². The summed E-state index contributed by atoms with van der Waals surface area (Å²) in [6, 6.07) is 3.84. The van der Waals surface area contributed by atoms with Crippen LogP contribution >= 0.6 is 0 Å². The molecule has 1 rings (SSSR count). The Morgan fingerprint density at radius 3 is 2.71 bits per heavy atom. The van der Waals surface area contributed by atoms with Crippen LogP contribution < -0.4 is 16.2 Å². The standard InChI is InChI=1S/C10H13N3O4/c11-4-1-5-17-9-3-2-7(10(12)14)6-8(9)13(15)16/h2-3,6H,1,4-5,11H2,(H2,12,14). The summed E-state index contributed by atoms with van der Waals surface area (Å²) in [5.41, 5.74) is 10.1. The zero-order valence-electron chi connectivity index (χ0n) is 9.09. The fourth-order valence-electron chi connectivity index (χ4n) is 1.20. The highest BCUT2D eigenvalue weighted by molar-refractivity contribution is 5.93. The van der Waals surface area contributed by atoms with E-state index in [4.69, 9.17) is 16.2 Å². The predicted octanol–water partition coefficient (Wildman–Crippen LogP) is 0.421. The van der Waals surface area contributed by atoms with Gasteiger partial charge in [-0.3, -0.25) is 14.9 Å². The summed E-state index contributed by atoms with van der Waals surface area (Å²) in [6.45, 7) is 0.723. The van der Waals surface area contributed by atoms with E-state index < -0.39 is 10.8 Å². The number of amides is 1. The molecule has 0 heterocycles. The largest absolute Gasteiger partial charge is 0.487 e. The number of rotatable bonds is 6. The molecule has 0 aliphatic rings. The number of nitro groups is 1. The van der Waals surface area contributed by atoms with Crippen molar-refractivity contribution in [2.45, 2.75) is 6.42 Å². The Labute approximate surface area is 97.5 Å². The van der Waals surface area contributed by atoms with Crippen molar-refractivity contribution < 1.29 is 14.5 Å². The fraction of sp³-hybridized carbons (Fsp3) is 0.300. The van der Waals surface area contributed by atoms with Crippen molar-refractivity contribution >= 4 is 11.6 Å². The van der Waals surface area contributed by atoms with Gasteiger partial charge in [-0.1, -0.05) is 0 Å². The number of hydrogen-bond acceptors (Lipinski definition) is 5. The molecule has 0 fully saturated rings. The minimum Gasteiger partial charge on any atom is -0.487 e. The van der Waals surface area contributed by atoms with Crippen molar-refractivity contribution in [1.29, 1.82) is 0 Å². The first-order valence-corrected chi connectivity index (χ1v) is 4.97. The van der Waals surface area contributed by atoms with Crippen molar-refractivity contribution in [3.63, 3.8) is 0 Å². The van der Waals surface area contributed by atoms with Gasteiger partial charge in [0.1, 0.15) is 0 Å². The first kappa shape index (κ1) is 12.9. The van der Waals surface area contributed by atoms with Crippen LogP contribution in [-0.2, 0) is 0 Å². The summed E-state index contributed by atoms with van der Waals surface area (Å²) in [7, 11) is 0. The Hall–Kier alpha value is -2.15. The van der Waals surface area contributed by atoms with E-state index in [-0.39, 0.29) is 23.6 Å². The molecule has 0 aromatic heterocycles. The van der Waals surface area contributed by atoms with Crippen LogP contribution in [0.2, 0.25) is 0 Å². The summed E-state index contributed by atoms with van der Waals surface area (Å²) >= 11 is 0. The minimum absolute atomic E-state index is 0.0721. The highest BCUT2D eigenvalue weighted by Gasteiger charge is 2.17. The molecule has 0 saturated carbocycles. The van der Waals surface area contributed by atoms with E-state index >= 15 is 0 Å². The third-order valence-electron chi connectivity index (χ3n) is 2.05. The summed E-state index contributed by atoms with van der Waals surface area (Å²) in [5.74, 6) is -0.616. The SMILES string of the molecule is NCCCOc1ccc(C(N)=O)cc1[N+](=O)[O-]. The molecule has 0 spiro atoms. The Bertz CT molecular complexity index is 434. The maximum absolute atomic E-state index is 10.9. The van der Waals surface area contributed by atoms with Crippen molar-refractivity contribution in [1.82, 2.24) is 0 Å². The molecule has 0 bridgehead atoms. The van der Waals surface area contributed by atoms with Crippen molar-refractivity contribution in [2.24, 2.45) is 11.5 Å². The molecule has 0 aliphatic carbocycles. The lowest BCUT2D eigenvalue weighted by Gasteiger charge is -2.06. The van der Waals surface area contributed by atoms with Crippen LogP contribution in [0.15, 0.2) is 18.2 Å². The molecule has 4 N–H and O–H groups in total. The van der Waals surface area contributed by atoms with Gasteiger partial charge in [0.05, 0.1) is 11.5 Å². The molecule has 7 nitrogen and oxygen atoms in total. The van der Waals surface area contributed by atoms with Crippen molar-refractivity contribution in [2.75, 3.05) is 13.2 Å². The van der Waals surface area contributed by atoms with Gasteiger partial charge in [0, 0.05) is 11.6 Å². The number of nitro benzene ring substituents is 1. The van der Waals surface area contributed by atoms with E-state index in [9.17, 15) is 14.9 Å². The van der Waals surface area contributed by atoms with Gasteiger partial charge in [-0.15, -0.1) is 0 Å². The molecular formula is C10H13N3O4. The Morgan fingerprint density at radius 2 is 2.18 bits per heavy atom. The second kappa shape index (κ2) is 5.80. The molecule has 0 atom stereocenters. The van der Waals surface area contributed by atoms with E-state index in [1.165, 1.54) is 12.1 Å². The quantitative estimate of drug-likeness (QED) is 0.423. The number of nitrogens with two attached hydrogens (primary N) is 2. The number of benzene rings is 1. The smallest absolute Gasteiger partial charge is 0.311 e. The molecule has 1 amide bonds. The molecule has 7 heteroatoms. The van der Waals surface area contributed by atoms with Crippen LogP contribution in [-0.4, -0.2) is 24.0 Å². The number of hydrogen-bond donors (Lipinski definition) is 2. The topological polar surface area (TPSA) is 121 Å². The molecule has 1 aromatic rings. The number of carbonyl (C=O) groups excluding carboxylic acids is 1. The Balaban J connectivity index is 2.96. The maximum Gasteiger partial charge on any atom is 0.311 e. The fourth-order valence-corrected chi connectivity index (χ4v) is 1.20. The van der Waals surface area contributed by atoms with E-state index in [1.807, 2.05) is 0 Å². The molecule has 17 heavy (non-hydrogen) atoms. The van der Waals surface area contributed by atoms with Crippen molar-refractivity contribution in [3.05, 3.63) is 33.9 Å². The summed E-state index contributed by atoms with van der Waals surface area (Å²) in [4.78, 5) is 21.0. The molecule has 1 aromatic carbocycles. The van der Waals surface area contributed by atoms with Gasteiger partial charge in [0.15, 0.2) is 5.75 Å². The van der Waals surface area contributed by atoms with Gasteiger partial charge in [0.2, 0.25) is 5.91 Å². The first-order chi connectivity index (χ1) is 8.06. The zero-order chi connectivity index (χ0) is 12.8. The Kier molecular flexibility index (Phi) is 4.41. The minimum atomic E-state index is -0.721. The number of primary amides is 1. The number of ether oxygens (including phenoxy) is 1. The summed E-state index contributed by atoms with van der Waals surface area (Å²) in [5, 5.41) is 10.8. The normalized spacial score (nSPS) is 9.94. The lowest BCUT2D eigenvalue weighted by Crippen LogP contribution is -2.12. The van der Waals surface area contributed by atoms with Crippen LogP contribution in [0.4, 0.5) is 5.69 Å². The first-order valence-electron chi connectivity index (χ1n) is 4.97. The highest BCUT2D eigenvalue weighted by Crippen LogP contribution is 2.27. The second-order valence-corrected chi connectivity index (χ2v) is 3.29. The van der Waals surface area contributed by atoms with Gasteiger partial charge in [-0.05, 0) is 25.1 Å². The van der Waals surface area contributed by atoms with E-state index in [0.29, 0.717) is 13.0 Å². The Morgan fingerprint density at radius 1 is 1.47 bits per heavy atom. The third kappa shape index (κ3) is 3.42. The maximum atomic E-state index is 10.9. The second-order valence-electron chi connectivity index (χ2n) is 3.29. The average Bonchev–Trinajstić information content (AvgIpc) is 2.29. The van der Waals surface area contributed by atoms with Crippen LogP contribution in [0, 0.1) is 10.1 Å². The predicted molar refractivity (Wildman–Crippen MR) is 60.8 cm³/mol. The van der Waals surface area contributed by atoms with Gasteiger partial charge >= 0.3 is 5.69 Å². The van der Waals surface area contributed by atoms with E-state index in [2.05, 4.69) is 0 Å². The van der Waals surface area contributed by atoms with Gasteiger partial charge in [0.25, 0.3) is 0 Å². The lowest BCUT2D eigenvalue weighted by molar-refractivity contribution is -0.385. The highest BCUT2D eigenvalue weighted by atomic mass is 16.6. The van der Waals surface area contributed by atoms with Gasteiger partial charge in [-0.25, -0.2) is 0 Å². The van der Waals surface area contributed by atoms with Gasteiger partial charge < -0.3 is 16.2 Å². The molecule has 0 saturated heterocycles. The van der Waals surface area contributed by atoms with Crippen molar-refractivity contribution in [3.8, 4) is 5.75 Å². The van der Waals surface area contributed by atoms with Crippen LogP contribution in [0.5, 0.6) is 5.75 Å². The van der Waals surface area contributed by atoms with Crippen LogP contribution in [0.3, 0.4) is 0 Å². The van der Waals surface area contributed by atoms with E-state index in [1.54, 1.807) is 0 Å². The third-order valence-corrected chi connectivity index (χ3v) is 2.05. The number of nitrogens with zero attached hydrogens (tertiary/aromatic N) is 1. The molecule has 92 valence electrons. The van der Waals surface area contributed by atoms with Gasteiger partial charge in [-0.2, -0.15) is 0 Å². The molecule has 0 unspecified atom stereocenters. The monoisotopic (exact) mass is 239 g/mol. The number of carbonyl (C=O) groups is 1. The van der Waals surface area contributed by atoms with Crippen LogP contribution in [0.25, 0.3) is 0 Å². The molecule has 0 aliphatic heterocycles. The lowest BCUT2D eigenvalue weighted by atomic mass is 10.2. The summed E-state index contributed by atoms with van der Waals surface area (Å²) < 4.78 is 5.20. The molecular weight excluding hydrogens is 226 g/mol. The van der Waals surface area contributed by atoms with E-state index in [0.717, 1.165) is 6.07 Å².